The number of aliphatic hydroxyl groups is 1. The van der Waals surface area contributed by atoms with Crippen molar-refractivity contribution in [2.75, 3.05) is 14.2 Å². The third-order valence-electron chi connectivity index (χ3n) is 9.48. The van der Waals surface area contributed by atoms with Gasteiger partial charge in [0, 0.05) is 17.2 Å². The lowest BCUT2D eigenvalue weighted by Gasteiger charge is -2.30. The average molecular weight is 812 g/mol. The van der Waals surface area contributed by atoms with Crippen LogP contribution in [0.25, 0.3) is 0 Å². The second-order valence-corrected chi connectivity index (χ2v) is 13.4. The molecule has 0 saturated carbocycles. The van der Waals surface area contributed by atoms with Gasteiger partial charge in [0.2, 0.25) is 5.60 Å². The van der Waals surface area contributed by atoms with Crippen molar-refractivity contribution in [2.45, 2.75) is 67.4 Å². The van der Waals surface area contributed by atoms with E-state index in [2.05, 4.69) is 15.9 Å². The molecule has 54 heavy (non-hydrogen) atoms. The molecule has 0 unspecified atom stereocenters. The molecule has 15 heteroatoms. The number of aromatic carboxylic acids is 1. The number of carboxylic acid groups (broad SMARTS) is 1. The normalized spacial score (nSPS) is 15.2. The third-order valence-corrected chi connectivity index (χ3v) is 10.2. The Morgan fingerprint density at radius 1 is 0.722 bits per heavy atom. The number of phenols is 2. The number of methoxy groups -OCH3 is 2. The van der Waals surface area contributed by atoms with Gasteiger partial charge in [0.1, 0.15) is 55.7 Å². The molecular weight excluding hydrogens is 772 g/mol. The Morgan fingerprint density at radius 3 is 1.89 bits per heavy atom. The van der Waals surface area contributed by atoms with Crippen LogP contribution in [0, 0.1) is 41.5 Å². The summed E-state index contributed by atoms with van der Waals surface area (Å²) >= 11 is 3.17. The minimum atomic E-state index is -2.46. The molecule has 0 radical (unpaired) electrons. The van der Waals surface area contributed by atoms with E-state index >= 15 is 0 Å². The molecule has 14 nitrogen and oxygen atoms in total. The number of aromatic hydroxyl groups is 2. The summed E-state index contributed by atoms with van der Waals surface area (Å²) < 4.78 is 27.2. The SMILES string of the molecule is CCc1c(C)c(C(=O)O)c(OC)c(C)c1OC(=O)c1c(C)cc(OC(=O)c2c(C)c(C)c(OC(=O)[C@@]3(O)C(C)=CC(=O)C=C3OC)c(Br)c2O)c(C)c1O. The van der Waals surface area contributed by atoms with Gasteiger partial charge in [-0.05, 0) is 116 Å². The van der Waals surface area contributed by atoms with Gasteiger partial charge in [-0.15, -0.1) is 0 Å². The largest absolute Gasteiger partial charge is 0.507 e. The van der Waals surface area contributed by atoms with E-state index in [4.69, 9.17) is 23.7 Å². The van der Waals surface area contributed by atoms with E-state index in [1.807, 2.05) is 0 Å². The molecule has 0 fully saturated rings. The van der Waals surface area contributed by atoms with Crippen LogP contribution in [0.5, 0.6) is 34.5 Å². The van der Waals surface area contributed by atoms with Crippen molar-refractivity contribution in [3.05, 3.63) is 89.7 Å². The molecule has 0 aliphatic heterocycles. The summed E-state index contributed by atoms with van der Waals surface area (Å²) in [6, 6.07) is 1.33. The smallest absolute Gasteiger partial charge is 0.356 e. The summed E-state index contributed by atoms with van der Waals surface area (Å²) in [5.74, 6) is -6.88. The first-order valence-electron chi connectivity index (χ1n) is 16.3. The highest BCUT2D eigenvalue weighted by atomic mass is 79.9. The van der Waals surface area contributed by atoms with E-state index < -0.39 is 46.8 Å². The van der Waals surface area contributed by atoms with Gasteiger partial charge in [0.25, 0.3) is 0 Å². The van der Waals surface area contributed by atoms with E-state index in [9.17, 15) is 44.4 Å². The number of carbonyl (C=O) groups excluding carboxylic acids is 4. The fourth-order valence-electron chi connectivity index (χ4n) is 6.32. The van der Waals surface area contributed by atoms with Crippen molar-refractivity contribution in [1.82, 2.24) is 0 Å². The van der Waals surface area contributed by atoms with Gasteiger partial charge >= 0.3 is 23.9 Å². The predicted molar refractivity (Wildman–Crippen MR) is 196 cm³/mol. The Kier molecular flexibility index (Phi) is 11.7. The second kappa shape index (κ2) is 15.4. The highest BCUT2D eigenvalue weighted by Crippen LogP contribution is 2.45. The third kappa shape index (κ3) is 6.80. The molecule has 4 rings (SSSR count). The number of rotatable bonds is 10. The molecule has 1 aliphatic rings. The van der Waals surface area contributed by atoms with Crippen LogP contribution in [0.15, 0.2) is 34.0 Å². The number of allylic oxidation sites excluding steroid dienone is 2. The first-order valence-corrected chi connectivity index (χ1v) is 17.1. The molecule has 4 N–H and O–H groups in total. The van der Waals surface area contributed by atoms with Gasteiger partial charge in [0.15, 0.2) is 11.5 Å². The molecular formula is C39H39BrO14. The van der Waals surface area contributed by atoms with Crippen LogP contribution in [0.2, 0.25) is 0 Å². The highest BCUT2D eigenvalue weighted by molar-refractivity contribution is 9.10. The molecule has 0 heterocycles. The Labute approximate surface area is 318 Å². The average Bonchev–Trinajstić information content (AvgIpc) is 3.10. The molecule has 0 saturated heterocycles. The molecule has 0 spiro atoms. The van der Waals surface area contributed by atoms with E-state index in [1.165, 1.54) is 54.9 Å². The maximum atomic E-state index is 13.6. The van der Waals surface area contributed by atoms with Gasteiger partial charge in [-0.3, -0.25) is 4.79 Å². The lowest BCUT2D eigenvalue weighted by molar-refractivity contribution is -0.151. The molecule has 3 aromatic rings. The van der Waals surface area contributed by atoms with Crippen LogP contribution in [0.3, 0.4) is 0 Å². The van der Waals surface area contributed by atoms with E-state index in [-0.39, 0.29) is 83.3 Å². The number of hydrogen-bond acceptors (Lipinski definition) is 13. The van der Waals surface area contributed by atoms with Gasteiger partial charge in [-0.2, -0.15) is 0 Å². The number of aryl methyl sites for hydroxylation is 1. The predicted octanol–water partition coefficient (Wildman–Crippen LogP) is 6.11. The Morgan fingerprint density at radius 2 is 1.33 bits per heavy atom. The molecule has 0 bridgehead atoms. The summed E-state index contributed by atoms with van der Waals surface area (Å²) in [6.07, 6.45) is 2.31. The number of ether oxygens (including phenoxy) is 5. The summed E-state index contributed by atoms with van der Waals surface area (Å²) in [6.45, 7) is 12.1. The van der Waals surface area contributed by atoms with Crippen LogP contribution in [-0.4, -0.2) is 69.9 Å². The van der Waals surface area contributed by atoms with Gasteiger partial charge < -0.3 is 44.1 Å². The zero-order chi connectivity index (χ0) is 40.7. The lowest BCUT2D eigenvalue weighted by Crippen LogP contribution is -2.47. The number of carboxylic acids is 1. The first-order chi connectivity index (χ1) is 25.2. The fourth-order valence-corrected chi connectivity index (χ4v) is 6.90. The van der Waals surface area contributed by atoms with Crippen molar-refractivity contribution in [3.8, 4) is 34.5 Å². The number of phenolic OH excluding ortho intramolecular Hbond substituents is 2. The van der Waals surface area contributed by atoms with E-state index in [1.54, 1.807) is 20.8 Å². The molecule has 286 valence electrons. The quantitative estimate of drug-likeness (QED) is 0.134. The van der Waals surface area contributed by atoms with Gasteiger partial charge in [-0.25, -0.2) is 19.2 Å². The van der Waals surface area contributed by atoms with E-state index in [0.29, 0.717) is 17.5 Å². The summed E-state index contributed by atoms with van der Waals surface area (Å²) in [5.41, 5.74) is -1.61. The van der Waals surface area contributed by atoms with E-state index in [0.717, 1.165) is 12.2 Å². The minimum absolute atomic E-state index is 0.0218. The standard InChI is InChI=1S/C39H39BrO14/c1-11-23-19(6)28(35(44)45)33(51-10)21(8)32(23)53-36(46)26-15(2)12-24(20(7)30(26)42)52-37(47)27-17(4)18(5)34(29(40)31(27)43)54-38(48)39(49)16(3)13-22(41)14-25(39)50-9/h12-14,42-43,49H,11H2,1-10H3,(H,44,45)/t39-/m1/s1. The minimum Gasteiger partial charge on any atom is -0.507 e. The fraction of sp³-hybridized carbons (Fsp3) is 0.308. The topological polar surface area (TPSA) is 212 Å². The number of halogens is 1. The molecule has 1 aliphatic carbocycles. The van der Waals surface area contributed by atoms with Crippen molar-refractivity contribution >= 4 is 45.6 Å². The van der Waals surface area contributed by atoms with Crippen molar-refractivity contribution in [2.24, 2.45) is 0 Å². The Hall–Kier alpha value is -5.67. The maximum Gasteiger partial charge on any atom is 0.356 e. The number of esters is 3. The highest BCUT2D eigenvalue weighted by Gasteiger charge is 2.48. The lowest BCUT2D eigenvalue weighted by atomic mass is 9.87. The number of carbonyl (C=O) groups is 5. The number of ketones is 1. The van der Waals surface area contributed by atoms with Crippen molar-refractivity contribution < 1.29 is 68.1 Å². The van der Waals surface area contributed by atoms with Crippen molar-refractivity contribution in [1.29, 1.82) is 0 Å². The number of hydrogen-bond donors (Lipinski definition) is 4. The first kappa shape index (κ1) is 41.1. The summed E-state index contributed by atoms with van der Waals surface area (Å²) in [5, 5.41) is 43.4. The van der Waals surface area contributed by atoms with Gasteiger partial charge in [0.05, 0.1) is 14.2 Å². The maximum absolute atomic E-state index is 13.6. The molecule has 1 atom stereocenters. The monoisotopic (exact) mass is 810 g/mol. The summed E-state index contributed by atoms with van der Waals surface area (Å²) in [4.78, 5) is 64.6. The Bertz CT molecular complexity index is 2200. The van der Waals surface area contributed by atoms with Crippen LogP contribution >= 0.6 is 15.9 Å². The van der Waals surface area contributed by atoms with Crippen LogP contribution in [0.1, 0.15) is 83.9 Å². The van der Waals surface area contributed by atoms with Crippen LogP contribution < -0.4 is 18.9 Å². The van der Waals surface area contributed by atoms with Crippen LogP contribution in [-0.2, 0) is 20.7 Å². The molecule has 0 amide bonds. The molecule has 0 aromatic heterocycles. The Balaban J connectivity index is 1.68. The van der Waals surface area contributed by atoms with Crippen molar-refractivity contribution in [3.63, 3.8) is 0 Å². The number of benzene rings is 3. The van der Waals surface area contributed by atoms with Gasteiger partial charge in [-0.1, -0.05) is 6.92 Å². The molecule has 3 aromatic carbocycles. The van der Waals surface area contributed by atoms with Crippen LogP contribution in [0.4, 0.5) is 0 Å². The zero-order valence-corrected chi connectivity index (χ0v) is 32.8. The second-order valence-electron chi connectivity index (χ2n) is 12.6. The zero-order valence-electron chi connectivity index (χ0n) is 31.2. The summed E-state index contributed by atoms with van der Waals surface area (Å²) in [7, 11) is 2.47.